The highest BCUT2D eigenvalue weighted by molar-refractivity contribution is 5.20. The number of hydrogen-bond acceptors (Lipinski definition) is 2. The van der Waals surface area contributed by atoms with Crippen LogP contribution in [0.4, 0.5) is 0 Å². The first-order valence-corrected chi connectivity index (χ1v) is 5.01. The highest BCUT2D eigenvalue weighted by atomic mass is 15.1. The van der Waals surface area contributed by atoms with Gasteiger partial charge in [-0.1, -0.05) is 0 Å². The van der Waals surface area contributed by atoms with E-state index in [1.165, 1.54) is 12.1 Å². The highest BCUT2D eigenvalue weighted by Gasteiger charge is 2.22. The molecule has 0 fully saturated rings. The third-order valence-corrected chi connectivity index (χ3v) is 2.76. The molecule has 0 spiro atoms. The van der Waals surface area contributed by atoms with E-state index < -0.39 is 0 Å². The van der Waals surface area contributed by atoms with E-state index in [0.29, 0.717) is 6.04 Å². The summed E-state index contributed by atoms with van der Waals surface area (Å²) in [6.07, 6.45) is 5.36. The molecule has 1 heterocycles. The van der Waals surface area contributed by atoms with Gasteiger partial charge < -0.3 is 10.3 Å². The number of nitrogens with zero attached hydrogens (tertiary/aromatic N) is 2. The first-order chi connectivity index (χ1) is 6.20. The van der Waals surface area contributed by atoms with Crippen molar-refractivity contribution in [2.45, 2.75) is 45.2 Å². The lowest BCUT2D eigenvalue weighted by molar-refractivity contribution is 0.512. The second kappa shape index (κ2) is 3.14. The Labute approximate surface area is 79.0 Å². The Balaban J connectivity index is 2.41. The molecule has 1 aromatic heterocycles. The molecule has 0 aliphatic heterocycles. The molecule has 1 atom stereocenters. The Morgan fingerprint density at radius 1 is 1.62 bits per heavy atom. The molecule has 0 saturated carbocycles. The average Bonchev–Trinajstić information content (AvgIpc) is 2.48. The molecule has 0 amide bonds. The number of aromatic nitrogens is 2. The van der Waals surface area contributed by atoms with E-state index in [2.05, 4.69) is 23.4 Å². The zero-order valence-corrected chi connectivity index (χ0v) is 8.33. The summed E-state index contributed by atoms with van der Waals surface area (Å²) >= 11 is 0. The fraction of sp³-hybridized carbons (Fsp3) is 0.700. The van der Waals surface area contributed by atoms with Crippen molar-refractivity contribution >= 4 is 0 Å². The zero-order chi connectivity index (χ0) is 9.42. The molecule has 13 heavy (non-hydrogen) atoms. The van der Waals surface area contributed by atoms with Gasteiger partial charge in [0.05, 0.1) is 12.0 Å². The lowest BCUT2D eigenvalue weighted by Crippen LogP contribution is -2.19. The maximum absolute atomic E-state index is 5.98. The first kappa shape index (κ1) is 8.75. The average molecular weight is 179 g/mol. The van der Waals surface area contributed by atoms with Gasteiger partial charge in [-0.25, -0.2) is 4.98 Å². The predicted octanol–water partition coefficient (Wildman–Crippen LogP) is 1.80. The molecule has 3 heteroatoms. The Bertz CT molecular complexity index is 288. The van der Waals surface area contributed by atoms with Crippen molar-refractivity contribution in [1.82, 2.24) is 9.55 Å². The van der Waals surface area contributed by atoms with Gasteiger partial charge in [-0.15, -0.1) is 0 Å². The summed E-state index contributed by atoms with van der Waals surface area (Å²) in [5, 5.41) is 0. The lowest BCUT2D eigenvalue weighted by Gasteiger charge is -2.20. The molecular formula is C10H17N3. The second-order valence-corrected chi connectivity index (χ2v) is 4.08. The molecule has 0 saturated heterocycles. The topological polar surface area (TPSA) is 43.8 Å². The SMILES string of the molecule is CC(C)n1cnc2c1CCCC2N. The van der Waals surface area contributed by atoms with Gasteiger partial charge >= 0.3 is 0 Å². The van der Waals surface area contributed by atoms with Crippen LogP contribution in [0.25, 0.3) is 0 Å². The number of hydrogen-bond donors (Lipinski definition) is 1. The van der Waals surface area contributed by atoms with Crippen LogP contribution in [0.15, 0.2) is 6.33 Å². The predicted molar refractivity (Wildman–Crippen MR) is 52.5 cm³/mol. The molecular weight excluding hydrogens is 162 g/mol. The Kier molecular flexibility index (Phi) is 2.12. The van der Waals surface area contributed by atoms with Gasteiger partial charge in [-0.2, -0.15) is 0 Å². The van der Waals surface area contributed by atoms with Gasteiger partial charge in [-0.05, 0) is 33.1 Å². The van der Waals surface area contributed by atoms with Crippen molar-refractivity contribution in [3.63, 3.8) is 0 Å². The minimum Gasteiger partial charge on any atom is -0.332 e. The minimum absolute atomic E-state index is 0.170. The van der Waals surface area contributed by atoms with Gasteiger partial charge in [0.15, 0.2) is 0 Å². The van der Waals surface area contributed by atoms with Gasteiger partial charge in [0.25, 0.3) is 0 Å². The number of nitrogens with two attached hydrogens (primary N) is 1. The Morgan fingerprint density at radius 3 is 3.08 bits per heavy atom. The smallest absolute Gasteiger partial charge is 0.0954 e. The monoisotopic (exact) mass is 179 g/mol. The maximum atomic E-state index is 5.98. The molecule has 72 valence electrons. The fourth-order valence-electron chi connectivity index (χ4n) is 2.04. The lowest BCUT2D eigenvalue weighted by atomic mass is 9.96. The standard InChI is InChI=1S/C10H17N3/c1-7(2)13-6-12-10-8(11)4-3-5-9(10)13/h6-8H,3-5,11H2,1-2H3. The van der Waals surface area contributed by atoms with Crippen LogP contribution in [0, 0.1) is 0 Å². The zero-order valence-electron chi connectivity index (χ0n) is 8.33. The summed E-state index contributed by atoms with van der Waals surface area (Å²) < 4.78 is 2.24. The quantitative estimate of drug-likeness (QED) is 0.714. The summed E-state index contributed by atoms with van der Waals surface area (Å²) in [6.45, 7) is 4.37. The largest absolute Gasteiger partial charge is 0.332 e. The van der Waals surface area contributed by atoms with Crippen LogP contribution in [-0.4, -0.2) is 9.55 Å². The van der Waals surface area contributed by atoms with E-state index in [4.69, 9.17) is 5.73 Å². The van der Waals surface area contributed by atoms with E-state index in [-0.39, 0.29) is 6.04 Å². The molecule has 1 aromatic rings. The fourth-order valence-corrected chi connectivity index (χ4v) is 2.04. The van der Waals surface area contributed by atoms with E-state index in [1.54, 1.807) is 0 Å². The van der Waals surface area contributed by atoms with Gasteiger partial charge in [0.2, 0.25) is 0 Å². The second-order valence-electron chi connectivity index (χ2n) is 4.08. The van der Waals surface area contributed by atoms with Gasteiger partial charge in [0.1, 0.15) is 0 Å². The van der Waals surface area contributed by atoms with Crippen molar-refractivity contribution in [1.29, 1.82) is 0 Å². The molecule has 2 N–H and O–H groups in total. The normalized spacial score (nSPS) is 22.0. The molecule has 3 nitrogen and oxygen atoms in total. The van der Waals surface area contributed by atoms with Crippen molar-refractivity contribution in [2.24, 2.45) is 5.73 Å². The van der Waals surface area contributed by atoms with Crippen LogP contribution < -0.4 is 5.73 Å². The Morgan fingerprint density at radius 2 is 2.38 bits per heavy atom. The number of fused-ring (bicyclic) bond motifs is 1. The van der Waals surface area contributed by atoms with Crippen LogP contribution in [0.3, 0.4) is 0 Å². The molecule has 1 unspecified atom stereocenters. The van der Waals surface area contributed by atoms with Crippen LogP contribution in [0.2, 0.25) is 0 Å². The number of rotatable bonds is 1. The molecule has 2 rings (SSSR count). The third kappa shape index (κ3) is 1.37. The third-order valence-electron chi connectivity index (χ3n) is 2.76. The van der Waals surface area contributed by atoms with Crippen LogP contribution in [-0.2, 0) is 6.42 Å². The van der Waals surface area contributed by atoms with E-state index >= 15 is 0 Å². The van der Waals surface area contributed by atoms with Crippen molar-refractivity contribution in [3.8, 4) is 0 Å². The molecule has 0 aromatic carbocycles. The van der Waals surface area contributed by atoms with E-state index in [0.717, 1.165) is 18.5 Å². The van der Waals surface area contributed by atoms with Crippen molar-refractivity contribution < 1.29 is 0 Å². The summed E-state index contributed by atoms with van der Waals surface area (Å²) in [4.78, 5) is 4.40. The molecule has 0 radical (unpaired) electrons. The van der Waals surface area contributed by atoms with Crippen molar-refractivity contribution in [2.75, 3.05) is 0 Å². The molecule has 0 bridgehead atoms. The van der Waals surface area contributed by atoms with E-state index in [9.17, 15) is 0 Å². The van der Waals surface area contributed by atoms with Crippen LogP contribution in [0.1, 0.15) is 50.2 Å². The van der Waals surface area contributed by atoms with Crippen LogP contribution in [0.5, 0.6) is 0 Å². The molecule has 1 aliphatic carbocycles. The maximum Gasteiger partial charge on any atom is 0.0954 e. The van der Waals surface area contributed by atoms with Crippen molar-refractivity contribution in [3.05, 3.63) is 17.7 Å². The summed E-state index contributed by atoms with van der Waals surface area (Å²) in [5.41, 5.74) is 8.46. The molecule has 1 aliphatic rings. The Hall–Kier alpha value is -0.830. The van der Waals surface area contributed by atoms with Gasteiger partial charge in [-0.3, -0.25) is 0 Å². The number of imidazole rings is 1. The highest BCUT2D eigenvalue weighted by Crippen LogP contribution is 2.28. The first-order valence-electron chi connectivity index (χ1n) is 5.01. The minimum atomic E-state index is 0.170. The summed E-state index contributed by atoms with van der Waals surface area (Å²) in [7, 11) is 0. The summed E-state index contributed by atoms with van der Waals surface area (Å²) in [6, 6.07) is 0.672. The van der Waals surface area contributed by atoms with Gasteiger partial charge in [0, 0.05) is 17.8 Å². The van der Waals surface area contributed by atoms with E-state index in [1.807, 2.05) is 6.33 Å². The van der Waals surface area contributed by atoms with Crippen LogP contribution >= 0.6 is 0 Å². The summed E-state index contributed by atoms with van der Waals surface area (Å²) in [5.74, 6) is 0.